The van der Waals surface area contributed by atoms with Crippen LogP contribution in [0.15, 0.2) is 23.0 Å². The van der Waals surface area contributed by atoms with Gasteiger partial charge in [0.25, 0.3) is 0 Å². The molecule has 5 heteroatoms. The number of methoxy groups -OCH3 is 1. The average molecular weight is 383 g/mol. The minimum absolute atomic E-state index is 0.0165. The standard InChI is InChI=1S/C23H30N2O3/c1-14-18(11-25-13-23(4)10-16(25)9-22(2,3)12-23)20(26)17-8-15(21(27)28-5)6-7-19(17)24-14/h6-8,16H,9-13H2,1-5H3,(H,24,26)/t16-,23+/m1/s1. The third-order valence-electron chi connectivity index (χ3n) is 6.62. The Balaban J connectivity index is 1.71. The van der Waals surface area contributed by atoms with E-state index in [1.165, 1.54) is 26.4 Å². The first-order valence-corrected chi connectivity index (χ1v) is 10.1. The molecule has 2 aliphatic rings. The fourth-order valence-electron chi connectivity index (χ4n) is 5.85. The first-order chi connectivity index (χ1) is 13.1. The Bertz CT molecular complexity index is 1010. The van der Waals surface area contributed by atoms with Crippen LogP contribution in [0.3, 0.4) is 0 Å². The molecule has 1 saturated heterocycles. The van der Waals surface area contributed by atoms with E-state index in [4.69, 9.17) is 4.74 Å². The van der Waals surface area contributed by atoms with Gasteiger partial charge in [0.2, 0.25) is 0 Å². The molecule has 1 aliphatic carbocycles. The smallest absolute Gasteiger partial charge is 0.337 e. The highest BCUT2D eigenvalue weighted by atomic mass is 16.5. The van der Waals surface area contributed by atoms with E-state index in [2.05, 4.69) is 30.7 Å². The summed E-state index contributed by atoms with van der Waals surface area (Å²) in [4.78, 5) is 31.0. The van der Waals surface area contributed by atoms with Crippen molar-refractivity contribution in [1.29, 1.82) is 0 Å². The van der Waals surface area contributed by atoms with E-state index in [1.807, 2.05) is 6.92 Å². The Hall–Kier alpha value is -2.14. The molecule has 5 nitrogen and oxygen atoms in total. The second kappa shape index (κ2) is 6.45. The average Bonchev–Trinajstić information content (AvgIpc) is 2.85. The monoisotopic (exact) mass is 382 g/mol. The fraction of sp³-hybridized carbons (Fsp3) is 0.565. The van der Waals surface area contributed by atoms with Gasteiger partial charge in [-0.3, -0.25) is 9.69 Å². The molecule has 1 aromatic heterocycles. The maximum absolute atomic E-state index is 13.3. The predicted molar refractivity (Wildman–Crippen MR) is 111 cm³/mol. The normalized spacial score (nSPS) is 26.5. The molecule has 2 bridgehead atoms. The van der Waals surface area contributed by atoms with Gasteiger partial charge in [-0.05, 0) is 55.2 Å². The zero-order chi connectivity index (χ0) is 20.3. The van der Waals surface area contributed by atoms with E-state index in [9.17, 15) is 9.59 Å². The lowest BCUT2D eigenvalue weighted by Crippen LogP contribution is -2.35. The molecular formula is C23H30N2O3. The molecule has 0 spiro atoms. The predicted octanol–water partition coefficient (Wildman–Crippen LogP) is 4.02. The Morgan fingerprint density at radius 1 is 1.29 bits per heavy atom. The molecule has 0 radical (unpaired) electrons. The number of esters is 1. The number of pyridine rings is 1. The van der Waals surface area contributed by atoms with Crippen LogP contribution in [0.25, 0.3) is 10.9 Å². The number of carbonyl (C=O) groups is 1. The Labute approximate surface area is 166 Å². The van der Waals surface area contributed by atoms with Crippen LogP contribution in [0.1, 0.15) is 61.6 Å². The van der Waals surface area contributed by atoms with Crippen LogP contribution in [0.5, 0.6) is 0 Å². The lowest BCUT2D eigenvalue weighted by atomic mass is 9.65. The van der Waals surface area contributed by atoms with Crippen LogP contribution in [-0.2, 0) is 11.3 Å². The van der Waals surface area contributed by atoms with Crippen LogP contribution in [0.4, 0.5) is 0 Å². The number of fused-ring (bicyclic) bond motifs is 3. The number of carbonyl (C=O) groups excluding carboxylic acids is 1. The maximum atomic E-state index is 13.3. The molecular weight excluding hydrogens is 352 g/mol. The summed E-state index contributed by atoms with van der Waals surface area (Å²) in [5, 5.41) is 0.553. The van der Waals surface area contributed by atoms with Crippen LogP contribution in [0.2, 0.25) is 0 Å². The molecule has 1 aliphatic heterocycles. The number of H-pyrrole nitrogens is 1. The highest BCUT2D eigenvalue weighted by Gasteiger charge is 2.49. The largest absolute Gasteiger partial charge is 0.465 e. The molecule has 1 aromatic carbocycles. The molecule has 0 amide bonds. The molecule has 4 rings (SSSR count). The number of hydrogen-bond donors (Lipinski definition) is 1. The zero-order valence-corrected chi connectivity index (χ0v) is 17.5. The third kappa shape index (κ3) is 3.26. The van der Waals surface area contributed by atoms with Gasteiger partial charge in [-0.15, -0.1) is 0 Å². The van der Waals surface area contributed by atoms with Gasteiger partial charge < -0.3 is 9.72 Å². The second-order valence-electron chi connectivity index (χ2n) is 9.93. The van der Waals surface area contributed by atoms with Gasteiger partial charge in [-0.25, -0.2) is 4.79 Å². The summed E-state index contributed by atoms with van der Waals surface area (Å²) in [6.07, 6.45) is 3.63. The first kappa shape index (κ1) is 19.2. The maximum Gasteiger partial charge on any atom is 0.337 e. The van der Waals surface area contributed by atoms with Crippen molar-refractivity contribution >= 4 is 16.9 Å². The summed E-state index contributed by atoms with van der Waals surface area (Å²) >= 11 is 0. The van der Waals surface area contributed by atoms with Crippen molar-refractivity contribution in [2.45, 2.75) is 59.5 Å². The molecule has 2 aromatic rings. The molecule has 28 heavy (non-hydrogen) atoms. The number of hydrogen-bond acceptors (Lipinski definition) is 4. The summed E-state index contributed by atoms with van der Waals surface area (Å²) in [7, 11) is 1.35. The van der Waals surface area contributed by atoms with Crippen LogP contribution < -0.4 is 5.43 Å². The number of benzene rings is 1. The van der Waals surface area contributed by atoms with E-state index in [0.717, 1.165) is 23.3 Å². The Kier molecular flexibility index (Phi) is 4.42. The number of aromatic amines is 1. The number of rotatable bonds is 3. The van der Waals surface area contributed by atoms with E-state index in [0.29, 0.717) is 34.4 Å². The SMILES string of the molecule is COC(=O)c1ccc2[nH]c(C)c(CN3C[C@@]4(C)C[C@H]3CC(C)(C)C4)c(=O)c2c1. The summed E-state index contributed by atoms with van der Waals surface area (Å²) in [5.41, 5.74) is 3.59. The van der Waals surface area contributed by atoms with Gasteiger partial charge in [0, 0.05) is 41.3 Å². The molecule has 2 atom stereocenters. The van der Waals surface area contributed by atoms with Crippen LogP contribution in [0, 0.1) is 17.8 Å². The Morgan fingerprint density at radius 3 is 2.75 bits per heavy atom. The lowest BCUT2D eigenvalue weighted by Gasteiger charge is -2.40. The van der Waals surface area contributed by atoms with Gasteiger partial charge in [0.15, 0.2) is 5.43 Å². The fourth-order valence-corrected chi connectivity index (χ4v) is 5.85. The number of ether oxygens (including phenoxy) is 1. The first-order valence-electron chi connectivity index (χ1n) is 10.1. The third-order valence-corrected chi connectivity index (χ3v) is 6.62. The molecule has 2 heterocycles. The number of aromatic nitrogens is 1. The number of likely N-dealkylation sites (tertiary alicyclic amines) is 1. The summed E-state index contributed by atoms with van der Waals surface area (Å²) < 4.78 is 4.81. The van der Waals surface area contributed by atoms with Crippen molar-refractivity contribution in [2.24, 2.45) is 10.8 Å². The highest BCUT2D eigenvalue weighted by Crippen LogP contribution is 2.52. The van der Waals surface area contributed by atoms with Crippen molar-refractivity contribution in [3.8, 4) is 0 Å². The Morgan fingerprint density at radius 2 is 2.04 bits per heavy atom. The highest BCUT2D eigenvalue weighted by molar-refractivity contribution is 5.94. The quantitative estimate of drug-likeness (QED) is 0.815. The minimum atomic E-state index is -0.424. The van der Waals surface area contributed by atoms with E-state index in [-0.39, 0.29) is 5.43 Å². The van der Waals surface area contributed by atoms with Crippen molar-refractivity contribution in [1.82, 2.24) is 9.88 Å². The molecule has 0 unspecified atom stereocenters. The van der Waals surface area contributed by atoms with E-state index < -0.39 is 5.97 Å². The van der Waals surface area contributed by atoms with Crippen molar-refractivity contribution < 1.29 is 9.53 Å². The number of aryl methyl sites for hydroxylation is 1. The number of nitrogens with zero attached hydrogens (tertiary/aromatic N) is 1. The molecule has 1 saturated carbocycles. The molecule has 2 fully saturated rings. The zero-order valence-electron chi connectivity index (χ0n) is 17.5. The summed E-state index contributed by atoms with van der Waals surface area (Å²) in [6.45, 7) is 10.8. The van der Waals surface area contributed by atoms with E-state index in [1.54, 1.807) is 18.2 Å². The second-order valence-corrected chi connectivity index (χ2v) is 9.93. The summed E-state index contributed by atoms with van der Waals surface area (Å²) in [5.74, 6) is -0.424. The summed E-state index contributed by atoms with van der Waals surface area (Å²) in [6, 6.07) is 5.65. The molecule has 150 valence electrons. The lowest BCUT2D eigenvalue weighted by molar-refractivity contribution is 0.0601. The van der Waals surface area contributed by atoms with Gasteiger partial charge in [-0.1, -0.05) is 20.8 Å². The minimum Gasteiger partial charge on any atom is -0.465 e. The van der Waals surface area contributed by atoms with Gasteiger partial charge in [0.1, 0.15) is 0 Å². The van der Waals surface area contributed by atoms with Gasteiger partial charge >= 0.3 is 5.97 Å². The van der Waals surface area contributed by atoms with Crippen molar-refractivity contribution in [2.75, 3.05) is 13.7 Å². The van der Waals surface area contributed by atoms with Crippen LogP contribution in [-0.4, -0.2) is 35.5 Å². The topological polar surface area (TPSA) is 62.4 Å². The molecule has 1 N–H and O–H groups in total. The van der Waals surface area contributed by atoms with Crippen LogP contribution >= 0.6 is 0 Å². The number of nitrogens with one attached hydrogen (secondary N) is 1. The van der Waals surface area contributed by atoms with Gasteiger partial charge in [0.05, 0.1) is 12.7 Å². The van der Waals surface area contributed by atoms with Gasteiger partial charge in [-0.2, -0.15) is 0 Å². The van der Waals surface area contributed by atoms with Crippen molar-refractivity contribution in [3.63, 3.8) is 0 Å². The van der Waals surface area contributed by atoms with E-state index >= 15 is 0 Å². The van der Waals surface area contributed by atoms with Crippen molar-refractivity contribution in [3.05, 3.63) is 45.2 Å².